The number of H-pyrrole nitrogens is 1. The first-order valence-corrected chi connectivity index (χ1v) is 8.10. The minimum Gasteiger partial charge on any atom is -0.380 e. The van der Waals surface area contributed by atoms with Gasteiger partial charge < -0.3 is 14.5 Å². The third kappa shape index (κ3) is 3.41. The number of amides is 1. The lowest BCUT2D eigenvalue weighted by atomic mass is 10.1. The molecule has 0 spiro atoms. The molecular weight excluding hydrogens is 306 g/mol. The van der Waals surface area contributed by atoms with E-state index in [1.807, 2.05) is 48.2 Å². The van der Waals surface area contributed by atoms with Crippen LogP contribution in [0.2, 0.25) is 0 Å². The molecule has 2 heterocycles. The molecule has 0 unspecified atom stereocenters. The van der Waals surface area contributed by atoms with Crippen molar-refractivity contribution in [3.63, 3.8) is 0 Å². The topological polar surface area (TPSA) is 74.3 Å². The van der Waals surface area contributed by atoms with Crippen molar-refractivity contribution in [3.05, 3.63) is 29.8 Å². The summed E-state index contributed by atoms with van der Waals surface area (Å²) in [5, 5.41) is 7.07. The molecule has 24 heavy (non-hydrogen) atoms. The lowest BCUT2D eigenvalue weighted by molar-refractivity contribution is 0.0269. The van der Waals surface area contributed by atoms with Gasteiger partial charge in [-0.2, -0.15) is 4.98 Å². The number of hydrogen-bond donors (Lipinski definition) is 1. The Labute approximate surface area is 141 Å². The summed E-state index contributed by atoms with van der Waals surface area (Å²) in [6.07, 6.45) is 2.10. The Balaban J connectivity index is 1.80. The van der Waals surface area contributed by atoms with Crippen molar-refractivity contribution >= 4 is 11.9 Å². The number of rotatable bonds is 4. The van der Waals surface area contributed by atoms with Crippen molar-refractivity contribution < 1.29 is 9.53 Å². The predicted molar refractivity (Wildman–Crippen MR) is 92.1 cm³/mol. The fraction of sp³-hybridized carbons (Fsp3) is 0.471. The van der Waals surface area contributed by atoms with Crippen LogP contribution in [0.5, 0.6) is 0 Å². The molecule has 1 saturated heterocycles. The third-order valence-electron chi connectivity index (χ3n) is 4.26. The zero-order valence-corrected chi connectivity index (χ0v) is 14.3. The number of anilines is 1. The summed E-state index contributed by atoms with van der Waals surface area (Å²) in [6, 6.07) is 7.49. The standard InChI is InChI=1S/C17H23N5O2/c1-21(2)17-18-15(19-20-17)12-6-4-7-13(10-12)16(23)22-9-5-8-14(11-22)24-3/h4,6-7,10,14H,5,8-9,11H2,1-3H3,(H,18,19,20)/t14-/m0/s1. The first-order chi connectivity index (χ1) is 11.6. The van der Waals surface area contributed by atoms with Crippen molar-refractivity contribution in [2.24, 2.45) is 0 Å². The predicted octanol–water partition coefficient (Wildman–Crippen LogP) is 1.79. The lowest BCUT2D eigenvalue weighted by Gasteiger charge is -2.32. The molecule has 0 radical (unpaired) electrons. The fourth-order valence-electron chi connectivity index (χ4n) is 2.88. The highest BCUT2D eigenvalue weighted by atomic mass is 16.5. The molecule has 1 aliphatic heterocycles. The molecule has 1 amide bonds. The summed E-state index contributed by atoms with van der Waals surface area (Å²) in [4.78, 5) is 20.9. The summed E-state index contributed by atoms with van der Waals surface area (Å²) < 4.78 is 5.40. The Morgan fingerprint density at radius 3 is 2.96 bits per heavy atom. The van der Waals surface area contributed by atoms with Gasteiger partial charge >= 0.3 is 0 Å². The van der Waals surface area contributed by atoms with Crippen LogP contribution in [0.25, 0.3) is 11.4 Å². The quantitative estimate of drug-likeness (QED) is 0.926. The number of methoxy groups -OCH3 is 1. The number of piperidine rings is 1. The summed E-state index contributed by atoms with van der Waals surface area (Å²) in [5.41, 5.74) is 1.51. The van der Waals surface area contributed by atoms with Gasteiger partial charge in [-0.1, -0.05) is 12.1 Å². The second-order valence-corrected chi connectivity index (χ2v) is 6.21. The van der Waals surface area contributed by atoms with Crippen LogP contribution in [0, 0.1) is 0 Å². The minimum absolute atomic E-state index is 0.0333. The number of likely N-dealkylation sites (tertiary alicyclic amines) is 1. The number of ether oxygens (including phenoxy) is 1. The smallest absolute Gasteiger partial charge is 0.253 e. The Morgan fingerprint density at radius 2 is 2.25 bits per heavy atom. The van der Waals surface area contributed by atoms with Crippen molar-refractivity contribution in [2.75, 3.05) is 39.2 Å². The maximum absolute atomic E-state index is 12.8. The largest absolute Gasteiger partial charge is 0.380 e. The Kier molecular flexibility index (Phi) is 4.80. The Morgan fingerprint density at radius 1 is 1.42 bits per heavy atom. The van der Waals surface area contributed by atoms with Gasteiger partial charge in [-0.05, 0) is 25.0 Å². The van der Waals surface area contributed by atoms with Crippen LogP contribution < -0.4 is 4.90 Å². The fourth-order valence-corrected chi connectivity index (χ4v) is 2.88. The monoisotopic (exact) mass is 329 g/mol. The number of nitrogens with zero attached hydrogens (tertiary/aromatic N) is 4. The van der Waals surface area contributed by atoms with E-state index in [-0.39, 0.29) is 12.0 Å². The first-order valence-electron chi connectivity index (χ1n) is 8.10. The van der Waals surface area contributed by atoms with Gasteiger partial charge in [-0.3, -0.25) is 9.89 Å². The van der Waals surface area contributed by atoms with Gasteiger partial charge in [-0.15, -0.1) is 5.10 Å². The van der Waals surface area contributed by atoms with E-state index in [0.29, 0.717) is 23.9 Å². The highest BCUT2D eigenvalue weighted by Crippen LogP contribution is 2.21. The van der Waals surface area contributed by atoms with Gasteiger partial charge in [0.05, 0.1) is 6.10 Å². The van der Waals surface area contributed by atoms with E-state index in [1.54, 1.807) is 7.11 Å². The van der Waals surface area contributed by atoms with E-state index in [0.717, 1.165) is 24.9 Å². The molecule has 128 valence electrons. The highest BCUT2D eigenvalue weighted by molar-refractivity contribution is 5.95. The Hall–Kier alpha value is -2.41. The average Bonchev–Trinajstić information content (AvgIpc) is 3.12. The maximum Gasteiger partial charge on any atom is 0.253 e. The molecule has 1 aliphatic rings. The molecule has 2 aromatic rings. The zero-order valence-electron chi connectivity index (χ0n) is 14.3. The number of carbonyl (C=O) groups is 1. The summed E-state index contributed by atoms with van der Waals surface area (Å²) >= 11 is 0. The van der Waals surface area contributed by atoms with Crippen LogP contribution in [0.3, 0.4) is 0 Å². The van der Waals surface area contributed by atoms with E-state index in [2.05, 4.69) is 15.2 Å². The normalized spacial score (nSPS) is 17.8. The SMILES string of the molecule is CO[C@H]1CCCN(C(=O)c2cccc(-c3nc(N(C)C)n[nH]3)c2)C1. The van der Waals surface area contributed by atoms with E-state index in [9.17, 15) is 4.79 Å². The molecule has 0 aliphatic carbocycles. The third-order valence-corrected chi connectivity index (χ3v) is 4.26. The van der Waals surface area contributed by atoms with Crippen molar-refractivity contribution in [3.8, 4) is 11.4 Å². The molecule has 7 nitrogen and oxygen atoms in total. The van der Waals surface area contributed by atoms with Crippen molar-refractivity contribution in [1.82, 2.24) is 20.1 Å². The average molecular weight is 329 g/mol. The highest BCUT2D eigenvalue weighted by Gasteiger charge is 2.24. The summed E-state index contributed by atoms with van der Waals surface area (Å²) in [7, 11) is 5.47. The molecular formula is C17H23N5O2. The summed E-state index contributed by atoms with van der Waals surface area (Å²) in [5.74, 6) is 1.30. The van der Waals surface area contributed by atoms with Gasteiger partial charge in [-0.25, -0.2) is 0 Å². The van der Waals surface area contributed by atoms with Gasteiger partial charge in [0.15, 0.2) is 5.82 Å². The lowest BCUT2D eigenvalue weighted by Crippen LogP contribution is -2.42. The zero-order chi connectivity index (χ0) is 17.1. The van der Waals surface area contributed by atoms with Gasteiger partial charge in [0.1, 0.15) is 0 Å². The van der Waals surface area contributed by atoms with E-state index >= 15 is 0 Å². The van der Waals surface area contributed by atoms with E-state index in [1.165, 1.54) is 0 Å². The van der Waals surface area contributed by atoms with E-state index in [4.69, 9.17) is 4.74 Å². The molecule has 7 heteroatoms. The van der Waals surface area contributed by atoms with Crippen LogP contribution in [-0.2, 0) is 4.74 Å². The van der Waals surface area contributed by atoms with E-state index < -0.39 is 0 Å². The summed E-state index contributed by atoms with van der Waals surface area (Å²) in [6.45, 7) is 1.42. The maximum atomic E-state index is 12.8. The number of aromatic nitrogens is 3. The van der Waals surface area contributed by atoms with Crippen molar-refractivity contribution in [2.45, 2.75) is 18.9 Å². The molecule has 0 bridgehead atoms. The molecule has 1 aromatic carbocycles. The second kappa shape index (κ2) is 7.00. The van der Waals surface area contributed by atoms with Crippen LogP contribution >= 0.6 is 0 Å². The molecule has 1 atom stereocenters. The first kappa shape index (κ1) is 16.4. The van der Waals surface area contributed by atoms with Gasteiger partial charge in [0.2, 0.25) is 5.95 Å². The van der Waals surface area contributed by atoms with Crippen LogP contribution in [0.15, 0.2) is 24.3 Å². The number of aromatic amines is 1. The number of nitrogens with one attached hydrogen (secondary N) is 1. The number of hydrogen-bond acceptors (Lipinski definition) is 5. The number of benzene rings is 1. The van der Waals surface area contributed by atoms with Crippen LogP contribution in [0.4, 0.5) is 5.95 Å². The molecule has 1 N–H and O–H groups in total. The number of carbonyl (C=O) groups excluding carboxylic acids is 1. The molecule has 0 saturated carbocycles. The van der Waals surface area contributed by atoms with Crippen LogP contribution in [0.1, 0.15) is 23.2 Å². The second-order valence-electron chi connectivity index (χ2n) is 6.21. The van der Waals surface area contributed by atoms with Crippen molar-refractivity contribution in [1.29, 1.82) is 0 Å². The van der Waals surface area contributed by atoms with Gasteiger partial charge in [0.25, 0.3) is 5.91 Å². The minimum atomic E-state index is 0.0333. The Bertz CT molecular complexity index is 713. The molecule has 3 rings (SSSR count). The van der Waals surface area contributed by atoms with Crippen LogP contribution in [-0.4, -0.2) is 66.4 Å². The molecule has 1 aromatic heterocycles. The molecule has 1 fully saturated rings. The van der Waals surface area contributed by atoms with Gasteiger partial charge in [0, 0.05) is 45.4 Å².